The number of carbonyl (C=O) groups excluding carboxylic acids is 4. The smallest absolute Gasteiger partial charge is 0.419 e. The van der Waals surface area contributed by atoms with Crippen LogP contribution in [0.4, 0.5) is 16.3 Å². The molecule has 1 aliphatic carbocycles. The zero-order chi connectivity index (χ0) is 30.4. The fraction of sp³-hybridized carbons (Fsp3) is 0.393. The number of esters is 1. The van der Waals surface area contributed by atoms with Gasteiger partial charge in [0.2, 0.25) is 6.79 Å². The van der Waals surface area contributed by atoms with Crippen LogP contribution in [-0.2, 0) is 19.1 Å². The summed E-state index contributed by atoms with van der Waals surface area (Å²) in [6, 6.07) is 4.92. The van der Waals surface area contributed by atoms with Crippen molar-refractivity contribution in [2.24, 2.45) is 0 Å². The van der Waals surface area contributed by atoms with Crippen molar-refractivity contribution in [3.05, 3.63) is 53.0 Å². The Kier molecular flexibility index (Phi) is 9.35. The number of rotatable bonds is 12. The van der Waals surface area contributed by atoms with Crippen LogP contribution in [0.5, 0.6) is 0 Å². The topological polar surface area (TPSA) is 182 Å². The number of hydrogen-bond donors (Lipinski definition) is 3. The number of aryl methyl sites for hydroxylation is 2. The molecule has 0 saturated heterocycles. The number of aromatic nitrogens is 3. The molecule has 0 unspecified atom stereocenters. The van der Waals surface area contributed by atoms with Crippen LogP contribution < -0.4 is 10.6 Å². The number of fused-ring (bicyclic) bond motifs is 1. The first-order valence-corrected chi connectivity index (χ1v) is 13.5. The Bertz CT molecular complexity index is 1530. The van der Waals surface area contributed by atoms with Crippen LogP contribution in [0.3, 0.4) is 0 Å². The van der Waals surface area contributed by atoms with E-state index in [1.807, 2.05) is 19.9 Å². The van der Waals surface area contributed by atoms with Crippen LogP contribution in [0.1, 0.15) is 70.9 Å². The molecular formula is C28H32N6O8. The lowest BCUT2D eigenvalue weighted by molar-refractivity contribution is -0.154. The van der Waals surface area contributed by atoms with Crippen molar-refractivity contribution in [3.8, 4) is 0 Å². The van der Waals surface area contributed by atoms with Crippen LogP contribution >= 0.6 is 0 Å². The zero-order valence-electron chi connectivity index (χ0n) is 23.5. The van der Waals surface area contributed by atoms with Gasteiger partial charge in [0.25, 0.3) is 11.8 Å². The SMILES string of the molecule is CCCNC(=O)c1ccc(C)c(Nc2ncnn3cc(C(=O)N(C(=O)OCOC(=O)CCC(=O)O)C4CC4)c(C)c23)c1. The lowest BCUT2D eigenvalue weighted by Gasteiger charge is -2.19. The summed E-state index contributed by atoms with van der Waals surface area (Å²) in [6.45, 7) is 5.37. The molecule has 0 radical (unpaired) electrons. The third kappa shape index (κ3) is 7.00. The van der Waals surface area contributed by atoms with E-state index in [1.165, 1.54) is 17.0 Å². The Morgan fingerprint density at radius 2 is 1.88 bits per heavy atom. The van der Waals surface area contributed by atoms with Gasteiger partial charge in [0.05, 0.1) is 18.4 Å². The highest BCUT2D eigenvalue weighted by molar-refractivity contribution is 6.06. The molecule has 1 aromatic carbocycles. The number of aliphatic carboxylic acids is 1. The normalized spacial score (nSPS) is 12.5. The van der Waals surface area contributed by atoms with Gasteiger partial charge in [0, 0.05) is 30.0 Å². The van der Waals surface area contributed by atoms with Crippen LogP contribution in [0, 0.1) is 13.8 Å². The summed E-state index contributed by atoms with van der Waals surface area (Å²) in [5.41, 5.74) is 3.20. The van der Waals surface area contributed by atoms with Gasteiger partial charge in [-0.05, 0) is 56.4 Å². The number of anilines is 2. The molecule has 2 aromatic heterocycles. The number of nitrogens with one attached hydrogen (secondary N) is 2. The first-order chi connectivity index (χ1) is 20.1. The van der Waals surface area contributed by atoms with Gasteiger partial charge in [-0.1, -0.05) is 13.0 Å². The van der Waals surface area contributed by atoms with Crippen molar-refractivity contribution in [1.29, 1.82) is 0 Å². The van der Waals surface area contributed by atoms with Crippen molar-refractivity contribution in [1.82, 2.24) is 24.8 Å². The number of nitrogens with zero attached hydrogens (tertiary/aromatic N) is 4. The van der Waals surface area contributed by atoms with Crippen molar-refractivity contribution >= 4 is 46.9 Å². The molecule has 0 bridgehead atoms. The van der Waals surface area contributed by atoms with Gasteiger partial charge in [-0.3, -0.25) is 19.2 Å². The van der Waals surface area contributed by atoms with Crippen molar-refractivity contribution in [3.63, 3.8) is 0 Å². The van der Waals surface area contributed by atoms with Crippen molar-refractivity contribution in [2.75, 3.05) is 18.7 Å². The molecule has 14 heteroatoms. The molecule has 222 valence electrons. The number of hydrogen-bond acceptors (Lipinski definition) is 10. The van der Waals surface area contributed by atoms with Gasteiger partial charge >= 0.3 is 18.0 Å². The fourth-order valence-corrected chi connectivity index (χ4v) is 4.19. The van der Waals surface area contributed by atoms with E-state index in [2.05, 4.69) is 20.7 Å². The highest BCUT2D eigenvalue weighted by atomic mass is 16.7. The van der Waals surface area contributed by atoms with Gasteiger partial charge in [0.1, 0.15) is 11.8 Å². The highest BCUT2D eigenvalue weighted by Gasteiger charge is 2.40. The van der Waals surface area contributed by atoms with E-state index in [-0.39, 0.29) is 23.9 Å². The fourth-order valence-electron chi connectivity index (χ4n) is 4.19. The van der Waals surface area contributed by atoms with Crippen LogP contribution in [0.15, 0.2) is 30.7 Å². The lowest BCUT2D eigenvalue weighted by Crippen LogP contribution is -2.39. The Morgan fingerprint density at radius 1 is 1.12 bits per heavy atom. The Balaban J connectivity index is 1.54. The second kappa shape index (κ2) is 13.1. The summed E-state index contributed by atoms with van der Waals surface area (Å²) in [4.78, 5) is 66.5. The molecule has 0 atom stereocenters. The molecule has 4 rings (SSSR count). The Hall–Kier alpha value is -5.01. The lowest BCUT2D eigenvalue weighted by atomic mass is 10.1. The summed E-state index contributed by atoms with van der Waals surface area (Å²) in [7, 11) is 0. The minimum atomic E-state index is -1.16. The summed E-state index contributed by atoms with van der Waals surface area (Å²) in [6.07, 6.45) is 3.05. The number of ether oxygens (including phenoxy) is 2. The average Bonchev–Trinajstić information content (AvgIpc) is 3.73. The molecule has 1 aliphatic rings. The maximum Gasteiger partial charge on any atom is 0.419 e. The van der Waals surface area contributed by atoms with E-state index in [4.69, 9.17) is 14.6 Å². The van der Waals surface area contributed by atoms with Crippen LogP contribution in [0.2, 0.25) is 0 Å². The van der Waals surface area contributed by atoms with Crippen LogP contribution in [-0.4, -0.2) is 73.8 Å². The third-order valence-corrected chi connectivity index (χ3v) is 6.62. The average molecular weight is 581 g/mol. The highest BCUT2D eigenvalue weighted by Crippen LogP contribution is 2.32. The molecule has 3 N–H and O–H groups in total. The number of carboxylic acid groups (broad SMARTS) is 1. The van der Waals surface area contributed by atoms with Gasteiger partial charge in [-0.15, -0.1) is 0 Å². The second-order valence-corrected chi connectivity index (χ2v) is 9.82. The molecule has 2 heterocycles. The number of amides is 3. The summed E-state index contributed by atoms with van der Waals surface area (Å²) in [5, 5.41) is 19.0. The van der Waals surface area contributed by atoms with Crippen molar-refractivity contribution < 1.29 is 38.6 Å². The van der Waals surface area contributed by atoms with Gasteiger partial charge in [0.15, 0.2) is 5.82 Å². The second-order valence-electron chi connectivity index (χ2n) is 9.82. The van der Waals surface area contributed by atoms with E-state index in [9.17, 15) is 24.0 Å². The summed E-state index contributed by atoms with van der Waals surface area (Å²) in [5.74, 6) is -2.41. The number of carbonyl (C=O) groups is 5. The van der Waals surface area contributed by atoms with Gasteiger partial charge < -0.3 is 25.2 Å². The van der Waals surface area contributed by atoms with Crippen LogP contribution in [0.25, 0.3) is 5.52 Å². The molecule has 1 fully saturated rings. The molecule has 3 aromatic rings. The maximum absolute atomic E-state index is 13.6. The summed E-state index contributed by atoms with van der Waals surface area (Å²) < 4.78 is 11.2. The predicted molar refractivity (Wildman–Crippen MR) is 148 cm³/mol. The van der Waals surface area contributed by atoms with E-state index in [0.717, 1.165) is 16.9 Å². The molecular weight excluding hydrogens is 548 g/mol. The Morgan fingerprint density at radius 3 is 2.57 bits per heavy atom. The van der Waals surface area contributed by atoms with Gasteiger partial charge in [-0.2, -0.15) is 5.10 Å². The minimum Gasteiger partial charge on any atom is -0.481 e. The van der Waals surface area contributed by atoms with E-state index >= 15 is 0 Å². The maximum atomic E-state index is 13.6. The number of carboxylic acids is 1. The largest absolute Gasteiger partial charge is 0.481 e. The Labute approximate surface area is 241 Å². The predicted octanol–water partition coefficient (Wildman–Crippen LogP) is 3.34. The monoisotopic (exact) mass is 580 g/mol. The third-order valence-electron chi connectivity index (χ3n) is 6.62. The zero-order valence-corrected chi connectivity index (χ0v) is 23.5. The quantitative estimate of drug-likeness (QED) is 0.211. The first-order valence-electron chi connectivity index (χ1n) is 13.5. The van der Waals surface area contributed by atoms with Crippen molar-refractivity contribution in [2.45, 2.75) is 58.9 Å². The molecule has 3 amide bonds. The van der Waals surface area contributed by atoms with E-state index in [0.29, 0.717) is 47.5 Å². The molecule has 1 saturated carbocycles. The minimum absolute atomic E-state index is 0.193. The van der Waals surface area contributed by atoms with Gasteiger partial charge in [-0.25, -0.2) is 19.2 Å². The van der Waals surface area contributed by atoms with E-state index < -0.39 is 37.2 Å². The summed E-state index contributed by atoms with van der Waals surface area (Å²) >= 11 is 0. The molecule has 0 spiro atoms. The molecule has 42 heavy (non-hydrogen) atoms. The number of benzene rings is 1. The molecule has 14 nitrogen and oxygen atoms in total. The molecule has 0 aliphatic heterocycles. The standard InChI is InChI=1S/C28H32N6O8/c1-4-11-29-26(38)18-6-5-16(2)21(12-18)32-25-24-17(3)20(13-33(24)31-14-30-25)27(39)34(19-7-8-19)28(40)42-15-41-23(37)10-9-22(35)36/h5-6,12-14,19H,4,7-11,15H2,1-3H3,(H,29,38)(H,35,36)(H,30,31,32). The number of imide groups is 1. The first kappa shape index (κ1) is 30.0. The van der Waals surface area contributed by atoms with E-state index in [1.54, 1.807) is 19.1 Å².